The molecule has 0 aliphatic heterocycles. The highest BCUT2D eigenvalue weighted by Crippen LogP contribution is 2.46. The van der Waals surface area contributed by atoms with Crippen LogP contribution in [-0.4, -0.2) is 24.9 Å². The molecule has 1 heterocycles. The Hall–Kier alpha value is -2.29. The van der Waals surface area contributed by atoms with Gasteiger partial charge < -0.3 is 14.6 Å². The second-order valence-electron chi connectivity index (χ2n) is 3.96. The van der Waals surface area contributed by atoms with E-state index in [9.17, 15) is 27.4 Å². The van der Waals surface area contributed by atoms with Crippen molar-refractivity contribution in [2.24, 2.45) is 0 Å². The van der Waals surface area contributed by atoms with E-state index in [1.54, 1.807) is 0 Å². The standard InChI is InChI=1S/C11H9F2NO5S/c1-20(17,18)14-11-9(16)8(15)10(19-11)6-3-2-5(12)4-7(6)13/h2-4,14-16H,1H3. The Kier molecular flexibility index (Phi) is 3.30. The van der Waals surface area contributed by atoms with Gasteiger partial charge in [0.2, 0.25) is 21.5 Å². The zero-order chi connectivity index (χ0) is 15.1. The molecule has 6 nitrogen and oxygen atoms in total. The highest BCUT2D eigenvalue weighted by atomic mass is 32.2. The average Bonchev–Trinajstić information content (AvgIpc) is 2.56. The second kappa shape index (κ2) is 4.67. The summed E-state index contributed by atoms with van der Waals surface area (Å²) in [7, 11) is -3.77. The van der Waals surface area contributed by atoms with E-state index in [1.165, 1.54) is 0 Å². The van der Waals surface area contributed by atoms with Crippen molar-refractivity contribution >= 4 is 15.9 Å². The van der Waals surface area contributed by atoms with Gasteiger partial charge in [0.05, 0.1) is 11.8 Å². The molecule has 0 bridgehead atoms. The average molecular weight is 305 g/mol. The third kappa shape index (κ3) is 2.67. The first kappa shape index (κ1) is 14.1. The molecule has 20 heavy (non-hydrogen) atoms. The van der Waals surface area contributed by atoms with E-state index in [4.69, 9.17) is 4.42 Å². The number of halogens is 2. The fourth-order valence-electron chi connectivity index (χ4n) is 1.51. The van der Waals surface area contributed by atoms with E-state index >= 15 is 0 Å². The van der Waals surface area contributed by atoms with Gasteiger partial charge in [-0.1, -0.05) is 0 Å². The third-order valence-corrected chi connectivity index (χ3v) is 2.87. The van der Waals surface area contributed by atoms with Crippen molar-refractivity contribution in [3.63, 3.8) is 0 Å². The first-order chi connectivity index (χ1) is 9.19. The highest BCUT2D eigenvalue weighted by Gasteiger charge is 2.24. The molecule has 2 aromatic rings. The molecular weight excluding hydrogens is 296 g/mol. The Morgan fingerprint density at radius 2 is 1.85 bits per heavy atom. The lowest BCUT2D eigenvalue weighted by Gasteiger charge is -2.00. The van der Waals surface area contributed by atoms with E-state index in [2.05, 4.69) is 0 Å². The number of hydrogen-bond donors (Lipinski definition) is 3. The van der Waals surface area contributed by atoms with E-state index in [1.807, 2.05) is 4.72 Å². The number of furan rings is 1. The molecular formula is C11H9F2NO5S. The van der Waals surface area contributed by atoms with Crippen molar-refractivity contribution in [3.05, 3.63) is 29.8 Å². The Morgan fingerprint density at radius 3 is 2.40 bits per heavy atom. The van der Waals surface area contributed by atoms with Gasteiger partial charge in [-0.25, -0.2) is 17.2 Å². The highest BCUT2D eigenvalue weighted by molar-refractivity contribution is 7.92. The monoisotopic (exact) mass is 305 g/mol. The second-order valence-corrected chi connectivity index (χ2v) is 5.70. The lowest BCUT2D eigenvalue weighted by Crippen LogP contribution is -2.08. The lowest BCUT2D eigenvalue weighted by atomic mass is 10.1. The van der Waals surface area contributed by atoms with E-state index in [0.717, 1.165) is 18.4 Å². The van der Waals surface area contributed by atoms with Crippen LogP contribution in [0.5, 0.6) is 11.5 Å². The number of hydrogen-bond acceptors (Lipinski definition) is 5. The molecule has 0 saturated carbocycles. The number of benzene rings is 1. The minimum atomic E-state index is -3.77. The number of sulfonamides is 1. The number of rotatable bonds is 3. The van der Waals surface area contributed by atoms with Crippen LogP contribution < -0.4 is 4.72 Å². The summed E-state index contributed by atoms with van der Waals surface area (Å²) in [6.45, 7) is 0. The molecule has 108 valence electrons. The minimum absolute atomic E-state index is 0.333. The van der Waals surface area contributed by atoms with Crippen molar-refractivity contribution in [2.45, 2.75) is 0 Å². The maximum atomic E-state index is 13.6. The van der Waals surface area contributed by atoms with E-state index < -0.39 is 44.8 Å². The van der Waals surface area contributed by atoms with Gasteiger partial charge in [0.25, 0.3) is 5.88 Å². The third-order valence-electron chi connectivity index (χ3n) is 2.31. The SMILES string of the molecule is CS(=O)(=O)Nc1oc(-c2ccc(F)cc2F)c(O)c1O. The molecule has 2 rings (SSSR count). The largest absolute Gasteiger partial charge is 0.502 e. The van der Waals surface area contributed by atoms with Crippen molar-refractivity contribution in [1.29, 1.82) is 0 Å². The van der Waals surface area contributed by atoms with Gasteiger partial charge in [-0.3, -0.25) is 4.72 Å². The summed E-state index contributed by atoms with van der Waals surface area (Å²) < 4.78 is 55.1. The molecule has 0 fully saturated rings. The smallest absolute Gasteiger partial charge is 0.253 e. The van der Waals surface area contributed by atoms with Crippen molar-refractivity contribution in [3.8, 4) is 22.8 Å². The molecule has 1 aromatic heterocycles. The molecule has 0 saturated heterocycles. The van der Waals surface area contributed by atoms with Gasteiger partial charge >= 0.3 is 0 Å². The number of aromatic hydroxyl groups is 2. The predicted octanol–water partition coefficient (Wildman–Crippen LogP) is 2.01. The first-order valence-electron chi connectivity index (χ1n) is 5.17. The molecule has 0 aliphatic carbocycles. The van der Waals surface area contributed by atoms with Crippen LogP contribution >= 0.6 is 0 Å². The maximum absolute atomic E-state index is 13.6. The molecule has 0 aliphatic rings. The normalized spacial score (nSPS) is 11.6. The van der Waals surface area contributed by atoms with E-state index in [0.29, 0.717) is 6.07 Å². The summed E-state index contributed by atoms with van der Waals surface area (Å²) in [6, 6.07) is 2.45. The van der Waals surface area contributed by atoms with Crippen LogP contribution in [0.1, 0.15) is 0 Å². The molecule has 0 amide bonds. The summed E-state index contributed by atoms with van der Waals surface area (Å²) in [5.41, 5.74) is -0.333. The van der Waals surface area contributed by atoms with Gasteiger partial charge in [-0.05, 0) is 12.1 Å². The molecule has 3 N–H and O–H groups in total. The first-order valence-corrected chi connectivity index (χ1v) is 7.06. The van der Waals surface area contributed by atoms with Gasteiger partial charge in [0.1, 0.15) is 11.6 Å². The topological polar surface area (TPSA) is 99.8 Å². The zero-order valence-electron chi connectivity index (χ0n) is 10.0. The van der Waals surface area contributed by atoms with Crippen molar-refractivity contribution in [2.75, 3.05) is 11.0 Å². The van der Waals surface area contributed by atoms with Crippen LogP contribution in [0, 0.1) is 11.6 Å². The fourth-order valence-corrected chi connectivity index (χ4v) is 1.98. The summed E-state index contributed by atoms with van der Waals surface area (Å²) in [5.74, 6) is -4.82. The molecule has 0 spiro atoms. The number of anilines is 1. The summed E-state index contributed by atoms with van der Waals surface area (Å²) in [4.78, 5) is 0. The van der Waals surface area contributed by atoms with Gasteiger partial charge in [-0.15, -0.1) is 0 Å². The van der Waals surface area contributed by atoms with Crippen LogP contribution in [-0.2, 0) is 10.0 Å². The Labute approximate surface area is 112 Å². The summed E-state index contributed by atoms with van der Waals surface area (Å²) in [6.07, 6.45) is 0.796. The molecule has 0 radical (unpaired) electrons. The van der Waals surface area contributed by atoms with Crippen molar-refractivity contribution in [1.82, 2.24) is 0 Å². The predicted molar refractivity (Wildman–Crippen MR) is 65.9 cm³/mol. The van der Waals surface area contributed by atoms with Crippen LogP contribution in [0.4, 0.5) is 14.7 Å². The van der Waals surface area contributed by atoms with Crippen molar-refractivity contribution < 1.29 is 31.8 Å². The summed E-state index contributed by atoms with van der Waals surface area (Å²) >= 11 is 0. The summed E-state index contributed by atoms with van der Waals surface area (Å²) in [5, 5.41) is 19.1. The van der Waals surface area contributed by atoms with Gasteiger partial charge in [0.15, 0.2) is 5.76 Å². The van der Waals surface area contributed by atoms with Crippen LogP contribution in [0.3, 0.4) is 0 Å². The molecule has 9 heteroatoms. The Morgan fingerprint density at radius 1 is 1.20 bits per heavy atom. The number of nitrogens with one attached hydrogen (secondary N) is 1. The van der Waals surface area contributed by atoms with Gasteiger partial charge in [-0.2, -0.15) is 0 Å². The van der Waals surface area contributed by atoms with E-state index in [-0.39, 0.29) is 5.56 Å². The fraction of sp³-hybridized carbons (Fsp3) is 0.0909. The molecule has 0 unspecified atom stereocenters. The Balaban J connectivity index is 2.56. The van der Waals surface area contributed by atoms with Crippen LogP contribution in [0.25, 0.3) is 11.3 Å². The Bertz CT molecular complexity index is 769. The molecule has 0 atom stereocenters. The minimum Gasteiger partial charge on any atom is -0.502 e. The maximum Gasteiger partial charge on any atom is 0.253 e. The quantitative estimate of drug-likeness (QED) is 0.805. The zero-order valence-corrected chi connectivity index (χ0v) is 10.8. The van der Waals surface area contributed by atoms with Gasteiger partial charge in [0, 0.05) is 6.07 Å². The lowest BCUT2D eigenvalue weighted by molar-refractivity contribution is 0.410. The van der Waals surface area contributed by atoms with Crippen LogP contribution in [0.2, 0.25) is 0 Å². The van der Waals surface area contributed by atoms with Crippen LogP contribution in [0.15, 0.2) is 22.6 Å². The molecule has 1 aromatic carbocycles.